The second-order valence-electron chi connectivity index (χ2n) is 3.15. The van der Waals surface area contributed by atoms with Gasteiger partial charge in [-0.15, -0.1) is 0 Å². The molecule has 0 saturated heterocycles. The Morgan fingerprint density at radius 1 is 1.37 bits per heavy atom. The summed E-state index contributed by atoms with van der Waals surface area (Å²) >= 11 is 0.991. The van der Waals surface area contributed by atoms with Crippen LogP contribution in [0.1, 0.15) is 0 Å². The van der Waals surface area contributed by atoms with Crippen LogP contribution in [0.5, 0.6) is 6.01 Å². The highest BCUT2D eigenvalue weighted by molar-refractivity contribution is 7.99. The van der Waals surface area contributed by atoms with Crippen molar-refractivity contribution in [3.05, 3.63) is 16.4 Å². The van der Waals surface area contributed by atoms with E-state index in [2.05, 4.69) is 30.3 Å². The molecule has 0 saturated carbocycles. The van der Waals surface area contributed by atoms with Gasteiger partial charge in [0, 0.05) is 6.07 Å². The first kappa shape index (κ1) is 13.0. The molecule has 0 aliphatic rings. The number of nitrogens with two attached hydrogens (primary N) is 2. The molecule has 100 valence electrons. The van der Waals surface area contributed by atoms with E-state index in [0.717, 1.165) is 11.8 Å². The molecule has 2 aromatic rings. The first-order valence-electron chi connectivity index (χ1n) is 4.92. The quantitative estimate of drug-likeness (QED) is 0.310. The number of anilines is 2. The lowest BCUT2D eigenvalue weighted by molar-refractivity contribution is 0.373. The predicted octanol–water partition coefficient (Wildman–Crippen LogP) is -1.02. The molecular weight excluding hydrogens is 272 g/mol. The SMILES string of the molecule is COc1nc(NN)nc(Sc2nc(N)cc(=O)[nH]2)n1. The van der Waals surface area contributed by atoms with Gasteiger partial charge in [-0.25, -0.2) is 10.8 Å². The maximum Gasteiger partial charge on any atom is 0.322 e. The van der Waals surface area contributed by atoms with Crippen molar-refractivity contribution in [2.24, 2.45) is 5.84 Å². The number of rotatable bonds is 4. The van der Waals surface area contributed by atoms with E-state index in [1.807, 2.05) is 0 Å². The molecule has 0 fully saturated rings. The van der Waals surface area contributed by atoms with Gasteiger partial charge in [-0.3, -0.25) is 10.2 Å². The van der Waals surface area contributed by atoms with Gasteiger partial charge in [-0.1, -0.05) is 0 Å². The van der Waals surface area contributed by atoms with Crippen molar-refractivity contribution >= 4 is 23.5 Å². The van der Waals surface area contributed by atoms with E-state index in [-0.39, 0.29) is 33.6 Å². The van der Waals surface area contributed by atoms with Crippen LogP contribution < -0.4 is 27.3 Å². The molecule has 0 bridgehead atoms. The van der Waals surface area contributed by atoms with Crippen LogP contribution in [0.15, 0.2) is 21.2 Å². The van der Waals surface area contributed by atoms with Gasteiger partial charge < -0.3 is 15.5 Å². The normalized spacial score (nSPS) is 10.2. The molecule has 6 N–H and O–H groups in total. The minimum absolute atomic E-state index is 0.0803. The molecule has 0 unspecified atom stereocenters. The van der Waals surface area contributed by atoms with Gasteiger partial charge in [-0.05, 0) is 11.8 Å². The summed E-state index contributed by atoms with van der Waals surface area (Å²) in [5.41, 5.74) is 7.38. The zero-order valence-electron chi connectivity index (χ0n) is 9.75. The molecular formula is C8H10N8O2S. The Balaban J connectivity index is 2.34. The van der Waals surface area contributed by atoms with Crippen LogP contribution in [0.4, 0.5) is 11.8 Å². The number of hydrogen-bond acceptors (Lipinski definition) is 10. The Hall–Kier alpha value is -2.40. The van der Waals surface area contributed by atoms with E-state index in [4.69, 9.17) is 16.3 Å². The molecule has 0 aromatic carbocycles. The Morgan fingerprint density at radius 3 is 2.79 bits per heavy atom. The summed E-state index contributed by atoms with van der Waals surface area (Å²) in [6.45, 7) is 0. The fraction of sp³-hybridized carbons (Fsp3) is 0.125. The number of nitrogens with zero attached hydrogens (tertiary/aromatic N) is 4. The molecule has 19 heavy (non-hydrogen) atoms. The van der Waals surface area contributed by atoms with Gasteiger partial charge in [0.2, 0.25) is 11.1 Å². The third-order valence-electron chi connectivity index (χ3n) is 1.83. The van der Waals surface area contributed by atoms with Crippen LogP contribution in [-0.2, 0) is 0 Å². The minimum Gasteiger partial charge on any atom is -0.467 e. The van der Waals surface area contributed by atoms with Crippen molar-refractivity contribution < 1.29 is 4.74 Å². The summed E-state index contributed by atoms with van der Waals surface area (Å²) in [6.07, 6.45) is 0. The average molecular weight is 282 g/mol. The van der Waals surface area contributed by atoms with Crippen LogP contribution in [0, 0.1) is 0 Å². The summed E-state index contributed by atoms with van der Waals surface area (Å²) in [5, 5.41) is 0.495. The number of methoxy groups -OCH3 is 1. The van der Waals surface area contributed by atoms with E-state index in [9.17, 15) is 4.79 Å². The molecule has 0 amide bonds. The maximum atomic E-state index is 11.2. The maximum absolute atomic E-state index is 11.2. The summed E-state index contributed by atoms with van der Waals surface area (Å²) in [7, 11) is 1.41. The van der Waals surface area contributed by atoms with Crippen LogP contribution in [0.3, 0.4) is 0 Å². The van der Waals surface area contributed by atoms with Crippen LogP contribution in [-0.4, -0.2) is 32.0 Å². The number of ether oxygens (including phenoxy) is 1. The highest BCUT2D eigenvalue weighted by atomic mass is 32.2. The Bertz CT molecular complexity index is 623. The van der Waals surface area contributed by atoms with Crippen molar-refractivity contribution in [1.82, 2.24) is 24.9 Å². The molecule has 0 aliphatic heterocycles. The second kappa shape index (κ2) is 5.49. The number of hydrazine groups is 1. The summed E-state index contributed by atoms with van der Waals surface area (Å²) in [5.74, 6) is 5.45. The van der Waals surface area contributed by atoms with Gasteiger partial charge in [-0.2, -0.15) is 15.0 Å². The standard InChI is InChI=1S/C8H10N8O2S/c1-18-6-13-5(16-10)14-8(15-6)19-7-11-3(9)2-4(17)12-7/h2H,10H2,1H3,(H3,9,11,12,17)(H,13,14,15,16). The zero-order valence-corrected chi connectivity index (χ0v) is 10.6. The van der Waals surface area contributed by atoms with Gasteiger partial charge >= 0.3 is 6.01 Å². The smallest absolute Gasteiger partial charge is 0.322 e. The fourth-order valence-corrected chi connectivity index (χ4v) is 1.86. The van der Waals surface area contributed by atoms with Crippen molar-refractivity contribution in [2.45, 2.75) is 10.3 Å². The Morgan fingerprint density at radius 2 is 2.16 bits per heavy atom. The molecule has 2 heterocycles. The van der Waals surface area contributed by atoms with Gasteiger partial charge in [0.15, 0.2) is 5.16 Å². The highest BCUT2D eigenvalue weighted by Gasteiger charge is 2.09. The van der Waals surface area contributed by atoms with E-state index in [0.29, 0.717) is 0 Å². The fourth-order valence-electron chi connectivity index (χ4n) is 1.13. The summed E-state index contributed by atoms with van der Waals surface area (Å²) < 4.78 is 4.89. The van der Waals surface area contributed by atoms with E-state index < -0.39 is 0 Å². The second-order valence-corrected chi connectivity index (χ2v) is 4.11. The lowest BCUT2D eigenvalue weighted by atomic mass is 10.6. The zero-order chi connectivity index (χ0) is 13.8. The average Bonchev–Trinajstić information content (AvgIpc) is 2.37. The molecule has 2 aromatic heterocycles. The van der Waals surface area contributed by atoms with Crippen molar-refractivity contribution in [2.75, 3.05) is 18.3 Å². The van der Waals surface area contributed by atoms with Gasteiger partial charge in [0.1, 0.15) is 5.82 Å². The topological polar surface area (TPSA) is 158 Å². The lowest BCUT2D eigenvalue weighted by Crippen LogP contribution is -2.13. The third kappa shape index (κ3) is 3.29. The lowest BCUT2D eigenvalue weighted by Gasteiger charge is -2.04. The number of H-pyrrole nitrogens is 1. The van der Waals surface area contributed by atoms with E-state index in [1.54, 1.807) is 0 Å². The number of nitrogens with one attached hydrogen (secondary N) is 2. The number of aromatic amines is 1. The van der Waals surface area contributed by atoms with Gasteiger partial charge in [0.25, 0.3) is 5.56 Å². The molecule has 0 aliphatic carbocycles. The molecule has 11 heteroatoms. The molecule has 2 rings (SSSR count). The van der Waals surface area contributed by atoms with Crippen LogP contribution >= 0.6 is 11.8 Å². The van der Waals surface area contributed by atoms with E-state index >= 15 is 0 Å². The van der Waals surface area contributed by atoms with Crippen molar-refractivity contribution in [1.29, 1.82) is 0 Å². The Kier molecular flexibility index (Phi) is 3.77. The van der Waals surface area contributed by atoms with Crippen LogP contribution in [0.2, 0.25) is 0 Å². The van der Waals surface area contributed by atoms with Crippen molar-refractivity contribution in [3.8, 4) is 6.01 Å². The minimum atomic E-state index is -0.367. The molecule has 10 nitrogen and oxygen atoms in total. The summed E-state index contributed by atoms with van der Waals surface area (Å²) in [4.78, 5) is 29.5. The largest absolute Gasteiger partial charge is 0.467 e. The number of hydrogen-bond donors (Lipinski definition) is 4. The number of nitrogen functional groups attached to an aromatic ring is 2. The molecule has 0 atom stereocenters. The van der Waals surface area contributed by atoms with Crippen molar-refractivity contribution in [3.63, 3.8) is 0 Å². The van der Waals surface area contributed by atoms with Crippen LogP contribution in [0.25, 0.3) is 0 Å². The molecule has 0 radical (unpaired) electrons. The number of aromatic nitrogens is 5. The highest BCUT2D eigenvalue weighted by Crippen LogP contribution is 2.22. The van der Waals surface area contributed by atoms with E-state index in [1.165, 1.54) is 13.2 Å². The van der Waals surface area contributed by atoms with Gasteiger partial charge in [0.05, 0.1) is 7.11 Å². The molecule has 0 spiro atoms. The monoisotopic (exact) mass is 282 g/mol. The Labute approximate surface area is 111 Å². The third-order valence-corrected chi connectivity index (χ3v) is 2.59. The first-order valence-corrected chi connectivity index (χ1v) is 5.73. The first-order chi connectivity index (χ1) is 9.10. The summed E-state index contributed by atoms with van der Waals surface area (Å²) in [6, 6.07) is 1.25. The predicted molar refractivity (Wildman–Crippen MR) is 67.6 cm³/mol.